The molecule has 1 N–H and O–H groups in total. The molecular formula is C24H32F3N3O4S. The van der Waals surface area contributed by atoms with E-state index < -0.39 is 42.0 Å². The molecule has 2 aromatic rings. The van der Waals surface area contributed by atoms with Gasteiger partial charge in [0, 0.05) is 24.0 Å². The predicted molar refractivity (Wildman–Crippen MR) is 128 cm³/mol. The number of aryl methyl sites for hydroxylation is 2. The maximum absolute atomic E-state index is 13.5. The average Bonchev–Trinajstić information content (AvgIpc) is 2.96. The summed E-state index contributed by atoms with van der Waals surface area (Å²) in [6, 6.07) is -0.273. The highest BCUT2D eigenvalue weighted by atomic mass is 32.1. The minimum absolute atomic E-state index is 0.0553. The fourth-order valence-electron chi connectivity index (χ4n) is 5.20. The number of carbonyl (C=O) groups excluding carboxylic acids is 1. The highest BCUT2D eigenvalue weighted by Gasteiger charge is 2.49. The Hall–Kier alpha value is -2.14. The smallest absolute Gasteiger partial charge is 0.390 e. The maximum atomic E-state index is 13.5. The number of nitrogens with zero attached hydrogens (tertiary/aromatic N) is 2. The number of thiophene rings is 1. The molecule has 2 fully saturated rings. The lowest BCUT2D eigenvalue weighted by Gasteiger charge is -2.54. The van der Waals surface area contributed by atoms with Crippen molar-refractivity contribution in [1.29, 1.82) is 0 Å². The third kappa shape index (κ3) is 5.35. The Morgan fingerprint density at radius 1 is 1.20 bits per heavy atom. The van der Waals surface area contributed by atoms with Gasteiger partial charge in [-0.15, -0.1) is 11.3 Å². The van der Waals surface area contributed by atoms with E-state index in [1.807, 2.05) is 0 Å². The Bertz CT molecular complexity index is 1240. The maximum Gasteiger partial charge on any atom is 0.390 e. The number of rotatable bonds is 7. The van der Waals surface area contributed by atoms with E-state index in [9.17, 15) is 27.6 Å². The summed E-state index contributed by atoms with van der Waals surface area (Å²) in [5, 5.41) is 3.27. The first kappa shape index (κ1) is 25.9. The molecule has 2 aromatic heterocycles. The van der Waals surface area contributed by atoms with Crippen LogP contribution in [0.4, 0.5) is 13.2 Å². The second-order valence-electron chi connectivity index (χ2n) is 10.9. The zero-order valence-electron chi connectivity index (χ0n) is 20.5. The van der Waals surface area contributed by atoms with Crippen LogP contribution in [0.2, 0.25) is 0 Å². The number of ether oxygens (including phenoxy) is 1. The monoisotopic (exact) mass is 515 g/mol. The van der Waals surface area contributed by atoms with Crippen LogP contribution in [-0.4, -0.2) is 33.4 Å². The Labute approximate surface area is 205 Å². The van der Waals surface area contributed by atoms with Gasteiger partial charge in [0.1, 0.15) is 10.4 Å². The number of aromatic nitrogens is 2. The van der Waals surface area contributed by atoms with Crippen LogP contribution in [0.15, 0.2) is 9.59 Å². The molecule has 1 spiro atoms. The molecule has 35 heavy (non-hydrogen) atoms. The van der Waals surface area contributed by atoms with Crippen LogP contribution in [0.25, 0.3) is 10.2 Å². The quantitative estimate of drug-likeness (QED) is 0.552. The van der Waals surface area contributed by atoms with Gasteiger partial charge >= 0.3 is 17.8 Å². The van der Waals surface area contributed by atoms with Crippen molar-refractivity contribution in [3.63, 3.8) is 0 Å². The summed E-state index contributed by atoms with van der Waals surface area (Å²) in [5.41, 5.74) is -0.896. The second kappa shape index (κ2) is 9.06. The summed E-state index contributed by atoms with van der Waals surface area (Å²) >= 11 is 1.12. The fraction of sp³-hybridized carbons (Fsp3) is 0.708. The molecule has 2 aliphatic rings. The lowest BCUT2D eigenvalue weighted by atomic mass is 9.54. The fourth-order valence-corrected chi connectivity index (χ4v) is 6.48. The lowest BCUT2D eigenvalue weighted by molar-refractivity contribution is -0.153. The standard InChI is InChI=1S/C24H32F3N3O4S/c1-14-16(12-28-13-17(31)34-22(2,3)4)35-20-18(14)19(32)30(15-10-23(11-15)6-5-7-23)21(33)29(20)9-8-24(25,26)27/h15,28H,5-13H2,1-4H3. The van der Waals surface area contributed by atoms with Gasteiger partial charge in [-0.1, -0.05) is 6.42 Å². The van der Waals surface area contributed by atoms with Crippen molar-refractivity contribution in [2.24, 2.45) is 5.41 Å². The average molecular weight is 516 g/mol. The molecule has 7 nitrogen and oxygen atoms in total. The van der Waals surface area contributed by atoms with Gasteiger partial charge in [-0.3, -0.25) is 18.7 Å². The van der Waals surface area contributed by atoms with Gasteiger partial charge in [0.15, 0.2) is 0 Å². The van der Waals surface area contributed by atoms with Crippen molar-refractivity contribution < 1.29 is 22.7 Å². The largest absolute Gasteiger partial charge is 0.459 e. The first-order valence-electron chi connectivity index (χ1n) is 12.0. The van der Waals surface area contributed by atoms with Crippen LogP contribution in [0, 0.1) is 12.3 Å². The van der Waals surface area contributed by atoms with Crippen LogP contribution < -0.4 is 16.6 Å². The lowest BCUT2D eigenvalue weighted by Crippen LogP contribution is -2.51. The summed E-state index contributed by atoms with van der Waals surface area (Å²) in [7, 11) is 0. The minimum atomic E-state index is -4.43. The molecule has 0 bridgehead atoms. The van der Waals surface area contributed by atoms with Gasteiger partial charge in [-0.25, -0.2) is 4.79 Å². The Balaban J connectivity index is 1.66. The molecule has 0 saturated heterocycles. The van der Waals surface area contributed by atoms with E-state index in [0.717, 1.165) is 48.0 Å². The van der Waals surface area contributed by atoms with Crippen LogP contribution >= 0.6 is 11.3 Å². The Morgan fingerprint density at radius 3 is 2.40 bits per heavy atom. The van der Waals surface area contributed by atoms with Gasteiger partial charge in [0.25, 0.3) is 5.56 Å². The predicted octanol–water partition coefficient (Wildman–Crippen LogP) is 4.42. The highest BCUT2D eigenvalue weighted by molar-refractivity contribution is 7.18. The molecule has 0 amide bonds. The van der Waals surface area contributed by atoms with E-state index in [1.165, 1.54) is 4.57 Å². The number of fused-ring (bicyclic) bond motifs is 1. The zero-order valence-corrected chi connectivity index (χ0v) is 21.3. The van der Waals surface area contributed by atoms with Gasteiger partial charge < -0.3 is 10.1 Å². The van der Waals surface area contributed by atoms with Crippen LogP contribution in [0.5, 0.6) is 0 Å². The van der Waals surface area contributed by atoms with Gasteiger partial charge in [0.2, 0.25) is 0 Å². The first-order valence-corrected chi connectivity index (χ1v) is 12.8. The molecule has 0 radical (unpaired) electrons. The van der Waals surface area contributed by atoms with E-state index in [0.29, 0.717) is 15.8 Å². The van der Waals surface area contributed by atoms with Crippen molar-refractivity contribution in [2.75, 3.05) is 6.54 Å². The van der Waals surface area contributed by atoms with Crippen molar-refractivity contribution in [3.8, 4) is 0 Å². The molecule has 0 atom stereocenters. The van der Waals surface area contributed by atoms with Gasteiger partial charge in [-0.05, 0) is 64.4 Å². The van der Waals surface area contributed by atoms with Crippen LogP contribution in [0.3, 0.4) is 0 Å². The SMILES string of the molecule is Cc1c(CNCC(=O)OC(C)(C)C)sc2c1c(=O)n(C1CC3(CCC3)C1)c(=O)n2CCC(F)(F)F. The number of nitrogens with one attached hydrogen (secondary N) is 1. The molecule has 194 valence electrons. The second-order valence-corrected chi connectivity index (χ2v) is 12.0. The summed E-state index contributed by atoms with van der Waals surface area (Å²) < 4.78 is 46.7. The molecule has 2 saturated carbocycles. The molecule has 0 unspecified atom stereocenters. The van der Waals surface area contributed by atoms with E-state index >= 15 is 0 Å². The third-order valence-electron chi connectivity index (χ3n) is 7.05. The van der Waals surface area contributed by atoms with Crippen molar-refractivity contribution >= 4 is 27.5 Å². The molecule has 11 heteroatoms. The Morgan fingerprint density at radius 2 is 1.86 bits per heavy atom. The van der Waals surface area contributed by atoms with Crippen LogP contribution in [-0.2, 0) is 22.6 Å². The van der Waals surface area contributed by atoms with E-state index in [2.05, 4.69) is 5.32 Å². The van der Waals surface area contributed by atoms with E-state index in [4.69, 9.17) is 4.74 Å². The number of esters is 1. The number of hydrogen-bond donors (Lipinski definition) is 1. The topological polar surface area (TPSA) is 82.3 Å². The summed E-state index contributed by atoms with van der Waals surface area (Å²) in [6.45, 7) is 6.66. The molecular weight excluding hydrogens is 483 g/mol. The van der Waals surface area contributed by atoms with E-state index in [-0.39, 0.29) is 29.4 Å². The van der Waals surface area contributed by atoms with Gasteiger partial charge in [0.05, 0.1) is 18.4 Å². The van der Waals surface area contributed by atoms with E-state index in [1.54, 1.807) is 27.7 Å². The summed E-state index contributed by atoms with van der Waals surface area (Å²) in [5.74, 6) is -0.435. The van der Waals surface area contributed by atoms with Gasteiger partial charge in [-0.2, -0.15) is 13.2 Å². The number of hydrogen-bond acceptors (Lipinski definition) is 6. The summed E-state index contributed by atoms with van der Waals surface area (Å²) in [4.78, 5) is 39.7. The number of alkyl halides is 3. The molecule has 0 aromatic carbocycles. The third-order valence-corrected chi connectivity index (χ3v) is 8.37. The number of carbonyl (C=O) groups is 1. The van der Waals surface area contributed by atoms with Crippen molar-refractivity contribution in [3.05, 3.63) is 31.3 Å². The van der Waals surface area contributed by atoms with Crippen molar-refractivity contribution in [1.82, 2.24) is 14.5 Å². The highest BCUT2D eigenvalue weighted by Crippen LogP contribution is 2.59. The molecule has 2 heterocycles. The normalized spacial score (nSPS) is 18.0. The molecule has 0 aliphatic heterocycles. The summed E-state index contributed by atoms with van der Waals surface area (Å²) in [6.07, 6.45) is -0.844. The number of halogens is 3. The molecule has 4 rings (SSSR count). The minimum Gasteiger partial charge on any atom is -0.459 e. The zero-order chi connectivity index (χ0) is 25.8. The Kier molecular flexibility index (Phi) is 6.72. The van der Waals surface area contributed by atoms with Crippen molar-refractivity contribution in [2.45, 2.75) is 97.1 Å². The van der Waals surface area contributed by atoms with Crippen LogP contribution in [0.1, 0.15) is 75.8 Å². The molecule has 2 aliphatic carbocycles. The first-order chi connectivity index (χ1) is 16.2.